The number of esters is 1. The number of aryl methyl sites for hydroxylation is 1. The Kier molecular flexibility index (Phi) is 6.03. The van der Waals surface area contributed by atoms with Gasteiger partial charge in [0.25, 0.3) is 0 Å². The van der Waals surface area contributed by atoms with Gasteiger partial charge in [-0.05, 0) is 42.9 Å². The minimum absolute atomic E-state index is 0.181. The van der Waals surface area contributed by atoms with Crippen molar-refractivity contribution < 1.29 is 9.53 Å². The molecule has 1 aromatic carbocycles. The van der Waals surface area contributed by atoms with Gasteiger partial charge in [0.15, 0.2) is 0 Å². The van der Waals surface area contributed by atoms with Gasteiger partial charge in [0.2, 0.25) is 0 Å². The molecule has 1 aromatic rings. The topological polar surface area (TPSA) is 38.3 Å². The highest BCUT2D eigenvalue weighted by Gasteiger charge is 2.19. The predicted molar refractivity (Wildman–Crippen MR) is 78.0 cm³/mol. The normalized spacial score (nSPS) is 12.5. The maximum Gasteiger partial charge on any atom is 0.322 e. The lowest BCUT2D eigenvalue weighted by atomic mass is 10.0. The first-order chi connectivity index (χ1) is 8.95. The van der Waals surface area contributed by atoms with Crippen LogP contribution in [-0.2, 0) is 16.1 Å². The lowest BCUT2D eigenvalue weighted by Crippen LogP contribution is -2.38. The Hall–Kier alpha value is -1.35. The summed E-state index contributed by atoms with van der Waals surface area (Å²) >= 11 is 0. The number of ether oxygens (including phenoxy) is 1. The van der Waals surface area contributed by atoms with Crippen LogP contribution in [0, 0.1) is 19.8 Å². The molecule has 0 heterocycles. The Labute approximate surface area is 116 Å². The van der Waals surface area contributed by atoms with E-state index in [0.717, 1.165) is 6.42 Å². The van der Waals surface area contributed by atoms with E-state index in [4.69, 9.17) is 4.74 Å². The standard InChI is InChI=1S/C16H25NO2/c1-11(2)9-15(16(18)19-5)17-10-14-8-6-7-12(3)13(14)4/h6-8,11,15,17H,9-10H2,1-5H3. The molecule has 3 heteroatoms. The second-order valence-corrected chi connectivity index (χ2v) is 5.45. The smallest absolute Gasteiger partial charge is 0.322 e. The van der Waals surface area contributed by atoms with Gasteiger partial charge in [-0.25, -0.2) is 0 Å². The molecule has 106 valence electrons. The monoisotopic (exact) mass is 263 g/mol. The Balaban J connectivity index is 2.70. The molecule has 0 spiro atoms. The fourth-order valence-electron chi connectivity index (χ4n) is 2.11. The Morgan fingerprint density at radius 1 is 1.32 bits per heavy atom. The molecule has 3 nitrogen and oxygen atoms in total. The van der Waals surface area contributed by atoms with Gasteiger partial charge in [-0.3, -0.25) is 4.79 Å². The van der Waals surface area contributed by atoms with Crippen molar-refractivity contribution in [2.24, 2.45) is 5.92 Å². The summed E-state index contributed by atoms with van der Waals surface area (Å²) in [5, 5.41) is 3.31. The molecule has 0 aromatic heterocycles. The molecule has 19 heavy (non-hydrogen) atoms. The van der Waals surface area contributed by atoms with E-state index < -0.39 is 0 Å². The molecule has 0 amide bonds. The van der Waals surface area contributed by atoms with E-state index in [0.29, 0.717) is 12.5 Å². The van der Waals surface area contributed by atoms with Crippen LogP contribution >= 0.6 is 0 Å². The van der Waals surface area contributed by atoms with Gasteiger partial charge in [0.05, 0.1) is 7.11 Å². The highest BCUT2D eigenvalue weighted by atomic mass is 16.5. The Morgan fingerprint density at radius 2 is 2.00 bits per heavy atom. The van der Waals surface area contributed by atoms with Crippen LogP contribution in [0.4, 0.5) is 0 Å². The van der Waals surface area contributed by atoms with Crippen LogP contribution in [0.5, 0.6) is 0 Å². The molecule has 1 unspecified atom stereocenters. The molecule has 0 saturated heterocycles. The van der Waals surface area contributed by atoms with Crippen molar-refractivity contribution >= 4 is 5.97 Å². The fraction of sp³-hybridized carbons (Fsp3) is 0.562. The van der Waals surface area contributed by atoms with Crippen molar-refractivity contribution in [3.05, 3.63) is 34.9 Å². The summed E-state index contributed by atoms with van der Waals surface area (Å²) in [5.74, 6) is 0.272. The fourth-order valence-corrected chi connectivity index (χ4v) is 2.11. The largest absolute Gasteiger partial charge is 0.468 e. The van der Waals surface area contributed by atoms with Crippen LogP contribution < -0.4 is 5.32 Å². The maximum absolute atomic E-state index is 11.7. The second kappa shape index (κ2) is 7.29. The van der Waals surface area contributed by atoms with Crippen LogP contribution in [0.25, 0.3) is 0 Å². The summed E-state index contributed by atoms with van der Waals surface area (Å²) in [5.41, 5.74) is 3.79. The molecule has 1 N–H and O–H groups in total. The number of carbonyl (C=O) groups is 1. The van der Waals surface area contributed by atoms with Crippen LogP contribution in [0.2, 0.25) is 0 Å². The molecular weight excluding hydrogens is 238 g/mol. The minimum atomic E-state index is -0.232. The zero-order chi connectivity index (χ0) is 14.4. The average Bonchev–Trinajstić information content (AvgIpc) is 2.37. The lowest BCUT2D eigenvalue weighted by molar-refractivity contribution is -0.143. The van der Waals surface area contributed by atoms with Crippen LogP contribution in [0.1, 0.15) is 37.0 Å². The maximum atomic E-state index is 11.7. The van der Waals surface area contributed by atoms with Gasteiger partial charge in [0, 0.05) is 6.54 Å². The highest BCUT2D eigenvalue weighted by Crippen LogP contribution is 2.13. The van der Waals surface area contributed by atoms with Gasteiger partial charge in [-0.2, -0.15) is 0 Å². The van der Waals surface area contributed by atoms with E-state index in [1.54, 1.807) is 0 Å². The SMILES string of the molecule is COC(=O)C(CC(C)C)NCc1cccc(C)c1C. The van der Waals surface area contributed by atoms with Gasteiger partial charge < -0.3 is 10.1 Å². The first-order valence-electron chi connectivity index (χ1n) is 6.82. The van der Waals surface area contributed by atoms with E-state index in [9.17, 15) is 4.79 Å². The summed E-state index contributed by atoms with van der Waals surface area (Å²) in [7, 11) is 1.44. The van der Waals surface area contributed by atoms with Crippen molar-refractivity contribution in [3.63, 3.8) is 0 Å². The van der Waals surface area contributed by atoms with Crippen molar-refractivity contribution in [1.29, 1.82) is 0 Å². The molecule has 0 radical (unpaired) electrons. The summed E-state index contributed by atoms with van der Waals surface area (Å²) in [6, 6.07) is 6.02. The number of carbonyl (C=O) groups excluding carboxylic acids is 1. The molecule has 0 aliphatic carbocycles. The molecule has 0 aliphatic rings. The molecule has 0 bridgehead atoms. The predicted octanol–water partition coefficient (Wildman–Crippen LogP) is 2.98. The van der Waals surface area contributed by atoms with E-state index >= 15 is 0 Å². The quantitative estimate of drug-likeness (QED) is 0.802. The summed E-state index contributed by atoms with van der Waals surface area (Å²) in [4.78, 5) is 11.7. The first kappa shape index (κ1) is 15.7. The Bertz CT molecular complexity index is 427. The number of methoxy groups -OCH3 is 1. The zero-order valence-electron chi connectivity index (χ0n) is 12.6. The lowest BCUT2D eigenvalue weighted by Gasteiger charge is -2.19. The van der Waals surface area contributed by atoms with Gasteiger partial charge in [-0.15, -0.1) is 0 Å². The van der Waals surface area contributed by atoms with E-state index in [1.807, 2.05) is 0 Å². The highest BCUT2D eigenvalue weighted by molar-refractivity contribution is 5.75. The molecule has 0 aliphatic heterocycles. The third-order valence-electron chi connectivity index (χ3n) is 3.45. The third kappa shape index (κ3) is 4.67. The van der Waals surface area contributed by atoms with Gasteiger partial charge in [0.1, 0.15) is 6.04 Å². The number of hydrogen-bond donors (Lipinski definition) is 1. The molecule has 1 rings (SSSR count). The average molecular weight is 263 g/mol. The third-order valence-corrected chi connectivity index (χ3v) is 3.45. The number of nitrogens with one attached hydrogen (secondary N) is 1. The summed E-state index contributed by atoms with van der Waals surface area (Å²) in [6.45, 7) is 9.12. The van der Waals surface area contributed by atoms with Crippen LogP contribution in [-0.4, -0.2) is 19.1 Å². The van der Waals surface area contributed by atoms with E-state index in [2.05, 4.69) is 51.2 Å². The van der Waals surface area contributed by atoms with Crippen molar-refractivity contribution in [1.82, 2.24) is 5.32 Å². The van der Waals surface area contributed by atoms with E-state index in [-0.39, 0.29) is 12.0 Å². The van der Waals surface area contributed by atoms with Crippen molar-refractivity contribution in [3.8, 4) is 0 Å². The number of hydrogen-bond acceptors (Lipinski definition) is 3. The van der Waals surface area contributed by atoms with Crippen molar-refractivity contribution in [2.45, 2.75) is 46.7 Å². The molecule has 0 fully saturated rings. The summed E-state index contributed by atoms with van der Waals surface area (Å²) < 4.78 is 4.85. The van der Waals surface area contributed by atoms with Crippen molar-refractivity contribution in [2.75, 3.05) is 7.11 Å². The first-order valence-corrected chi connectivity index (χ1v) is 6.82. The van der Waals surface area contributed by atoms with Crippen LogP contribution in [0.15, 0.2) is 18.2 Å². The minimum Gasteiger partial charge on any atom is -0.468 e. The van der Waals surface area contributed by atoms with E-state index in [1.165, 1.54) is 23.8 Å². The molecular formula is C16H25NO2. The van der Waals surface area contributed by atoms with Gasteiger partial charge in [-0.1, -0.05) is 32.0 Å². The second-order valence-electron chi connectivity index (χ2n) is 5.45. The van der Waals surface area contributed by atoms with Crippen LogP contribution in [0.3, 0.4) is 0 Å². The molecule has 1 atom stereocenters. The number of benzene rings is 1. The number of rotatable bonds is 6. The Morgan fingerprint density at radius 3 is 2.58 bits per heavy atom. The molecule has 0 saturated carbocycles. The van der Waals surface area contributed by atoms with Gasteiger partial charge >= 0.3 is 5.97 Å². The summed E-state index contributed by atoms with van der Waals surface area (Å²) in [6.07, 6.45) is 0.789. The zero-order valence-corrected chi connectivity index (χ0v) is 12.6.